The molecule has 19 heavy (non-hydrogen) atoms. The van der Waals surface area contributed by atoms with Gasteiger partial charge in [0.25, 0.3) is 0 Å². The Bertz CT molecular complexity index is 593. The van der Waals surface area contributed by atoms with Crippen LogP contribution in [0.2, 0.25) is 10.0 Å². The molecule has 0 spiro atoms. The molecule has 0 saturated carbocycles. The van der Waals surface area contributed by atoms with E-state index in [-0.39, 0.29) is 5.95 Å². The van der Waals surface area contributed by atoms with Gasteiger partial charge in [-0.05, 0) is 18.2 Å². The SMILES string of the molecule is COc1ccc(Cl)cc1Nc1nc(NN)ncc1Cl. The second-order valence-electron chi connectivity index (χ2n) is 3.50. The number of nitrogen functional groups attached to an aromatic ring is 1. The number of anilines is 3. The Balaban J connectivity index is 2.37. The van der Waals surface area contributed by atoms with Crippen LogP contribution in [0.3, 0.4) is 0 Å². The lowest BCUT2D eigenvalue weighted by atomic mass is 10.3. The second-order valence-corrected chi connectivity index (χ2v) is 4.35. The summed E-state index contributed by atoms with van der Waals surface area (Å²) in [6, 6.07) is 5.16. The fraction of sp³-hybridized carbons (Fsp3) is 0.0909. The third kappa shape index (κ3) is 3.17. The Kier molecular flexibility index (Phi) is 4.26. The molecular formula is C11H11Cl2N5O. The molecule has 2 aromatic rings. The summed E-state index contributed by atoms with van der Waals surface area (Å²) in [7, 11) is 1.56. The maximum Gasteiger partial charge on any atom is 0.239 e. The number of ether oxygens (including phenoxy) is 1. The number of nitrogens with zero attached hydrogens (tertiary/aromatic N) is 2. The first-order valence-electron chi connectivity index (χ1n) is 5.23. The van der Waals surface area contributed by atoms with Gasteiger partial charge in [0.15, 0.2) is 5.82 Å². The molecule has 1 heterocycles. The average molecular weight is 300 g/mol. The van der Waals surface area contributed by atoms with Crippen LogP contribution in [-0.2, 0) is 0 Å². The Morgan fingerprint density at radius 3 is 2.79 bits per heavy atom. The van der Waals surface area contributed by atoms with E-state index in [0.717, 1.165) is 0 Å². The molecule has 0 aliphatic rings. The van der Waals surface area contributed by atoms with Gasteiger partial charge in [-0.3, -0.25) is 5.43 Å². The van der Waals surface area contributed by atoms with E-state index in [1.807, 2.05) is 0 Å². The van der Waals surface area contributed by atoms with E-state index in [1.165, 1.54) is 6.20 Å². The molecule has 2 rings (SSSR count). The highest BCUT2D eigenvalue weighted by Crippen LogP contribution is 2.32. The molecule has 0 bridgehead atoms. The highest BCUT2D eigenvalue weighted by atomic mass is 35.5. The fourth-order valence-electron chi connectivity index (χ4n) is 1.43. The van der Waals surface area contributed by atoms with Gasteiger partial charge in [0, 0.05) is 5.02 Å². The summed E-state index contributed by atoms with van der Waals surface area (Å²) >= 11 is 12.0. The van der Waals surface area contributed by atoms with Gasteiger partial charge in [0.2, 0.25) is 5.95 Å². The lowest BCUT2D eigenvalue weighted by Crippen LogP contribution is -2.11. The minimum absolute atomic E-state index is 0.243. The molecule has 1 aromatic heterocycles. The van der Waals surface area contributed by atoms with Crippen molar-refractivity contribution in [3.63, 3.8) is 0 Å². The molecule has 4 N–H and O–H groups in total. The molecule has 0 fully saturated rings. The van der Waals surface area contributed by atoms with Crippen molar-refractivity contribution >= 4 is 40.7 Å². The topological polar surface area (TPSA) is 85.1 Å². The predicted molar refractivity (Wildman–Crippen MR) is 76.1 cm³/mol. The molecule has 0 amide bonds. The highest BCUT2D eigenvalue weighted by Gasteiger charge is 2.09. The molecular weight excluding hydrogens is 289 g/mol. The van der Waals surface area contributed by atoms with Crippen molar-refractivity contribution in [2.75, 3.05) is 17.9 Å². The first-order valence-corrected chi connectivity index (χ1v) is 5.99. The normalized spacial score (nSPS) is 10.1. The van der Waals surface area contributed by atoms with Crippen LogP contribution in [0.4, 0.5) is 17.5 Å². The van der Waals surface area contributed by atoms with Crippen LogP contribution in [0.15, 0.2) is 24.4 Å². The van der Waals surface area contributed by atoms with Gasteiger partial charge in [0.1, 0.15) is 10.8 Å². The summed E-state index contributed by atoms with van der Waals surface area (Å²) < 4.78 is 5.22. The van der Waals surface area contributed by atoms with Crippen molar-refractivity contribution < 1.29 is 4.74 Å². The number of hydrazine groups is 1. The summed E-state index contributed by atoms with van der Waals surface area (Å²) in [4.78, 5) is 7.98. The van der Waals surface area contributed by atoms with E-state index < -0.39 is 0 Å². The van der Waals surface area contributed by atoms with E-state index in [4.69, 9.17) is 33.8 Å². The molecule has 0 atom stereocenters. The van der Waals surface area contributed by atoms with E-state index in [9.17, 15) is 0 Å². The van der Waals surface area contributed by atoms with E-state index >= 15 is 0 Å². The van der Waals surface area contributed by atoms with Crippen LogP contribution in [0, 0.1) is 0 Å². The number of hydrogen-bond acceptors (Lipinski definition) is 6. The summed E-state index contributed by atoms with van der Waals surface area (Å²) in [5.41, 5.74) is 2.98. The van der Waals surface area contributed by atoms with Crippen LogP contribution in [-0.4, -0.2) is 17.1 Å². The number of methoxy groups -OCH3 is 1. The first-order chi connectivity index (χ1) is 9.13. The van der Waals surface area contributed by atoms with Gasteiger partial charge >= 0.3 is 0 Å². The molecule has 0 radical (unpaired) electrons. The molecule has 0 aliphatic carbocycles. The second kappa shape index (κ2) is 5.92. The predicted octanol–water partition coefficient (Wildman–Crippen LogP) is 2.82. The van der Waals surface area contributed by atoms with Gasteiger partial charge in [-0.2, -0.15) is 4.98 Å². The van der Waals surface area contributed by atoms with Crippen LogP contribution < -0.4 is 21.3 Å². The zero-order valence-electron chi connectivity index (χ0n) is 9.95. The lowest BCUT2D eigenvalue weighted by molar-refractivity contribution is 0.417. The molecule has 6 nitrogen and oxygen atoms in total. The highest BCUT2D eigenvalue weighted by molar-refractivity contribution is 6.33. The number of rotatable bonds is 4. The molecule has 0 aliphatic heterocycles. The average Bonchev–Trinajstić information content (AvgIpc) is 2.41. The molecule has 1 aromatic carbocycles. The number of halogens is 2. The van der Waals surface area contributed by atoms with Crippen LogP contribution in [0.5, 0.6) is 5.75 Å². The van der Waals surface area contributed by atoms with Crippen molar-refractivity contribution in [1.29, 1.82) is 0 Å². The zero-order chi connectivity index (χ0) is 13.8. The Hall–Kier alpha value is -1.76. The van der Waals surface area contributed by atoms with Gasteiger partial charge in [-0.25, -0.2) is 10.8 Å². The fourth-order valence-corrected chi connectivity index (χ4v) is 1.74. The van der Waals surface area contributed by atoms with Crippen molar-refractivity contribution in [2.45, 2.75) is 0 Å². The maximum absolute atomic E-state index is 6.01. The summed E-state index contributed by atoms with van der Waals surface area (Å²) in [6.45, 7) is 0. The maximum atomic E-state index is 6.01. The quantitative estimate of drug-likeness (QED) is 0.594. The number of benzene rings is 1. The largest absolute Gasteiger partial charge is 0.495 e. The molecule has 8 heteroatoms. The first kappa shape index (κ1) is 13.7. The third-order valence-electron chi connectivity index (χ3n) is 2.29. The van der Waals surface area contributed by atoms with Crippen molar-refractivity contribution in [1.82, 2.24) is 9.97 Å². The summed E-state index contributed by atoms with van der Waals surface area (Å²) in [6.07, 6.45) is 1.43. The molecule has 100 valence electrons. The molecule has 0 unspecified atom stereocenters. The van der Waals surface area contributed by atoms with E-state index in [0.29, 0.717) is 27.3 Å². The number of nitrogens with one attached hydrogen (secondary N) is 2. The van der Waals surface area contributed by atoms with Gasteiger partial charge in [-0.15, -0.1) is 0 Å². The Morgan fingerprint density at radius 2 is 2.11 bits per heavy atom. The van der Waals surface area contributed by atoms with E-state index in [2.05, 4.69) is 20.7 Å². The van der Waals surface area contributed by atoms with Crippen LogP contribution >= 0.6 is 23.2 Å². The van der Waals surface area contributed by atoms with Gasteiger partial charge in [-0.1, -0.05) is 23.2 Å². The molecule has 0 saturated heterocycles. The number of hydrogen-bond donors (Lipinski definition) is 3. The minimum Gasteiger partial charge on any atom is -0.495 e. The van der Waals surface area contributed by atoms with Gasteiger partial charge < -0.3 is 10.1 Å². The lowest BCUT2D eigenvalue weighted by Gasteiger charge is -2.12. The van der Waals surface area contributed by atoms with Crippen LogP contribution in [0.25, 0.3) is 0 Å². The van der Waals surface area contributed by atoms with Gasteiger partial charge in [0.05, 0.1) is 19.0 Å². The minimum atomic E-state index is 0.243. The van der Waals surface area contributed by atoms with Crippen LogP contribution in [0.1, 0.15) is 0 Å². The van der Waals surface area contributed by atoms with Crippen molar-refractivity contribution in [3.8, 4) is 5.75 Å². The summed E-state index contributed by atoms with van der Waals surface area (Å²) in [5.74, 6) is 6.50. The van der Waals surface area contributed by atoms with Crippen molar-refractivity contribution in [2.24, 2.45) is 5.84 Å². The number of aromatic nitrogens is 2. The zero-order valence-corrected chi connectivity index (χ0v) is 11.5. The summed E-state index contributed by atoms with van der Waals surface area (Å²) in [5, 5.41) is 3.93. The van der Waals surface area contributed by atoms with Crippen molar-refractivity contribution in [3.05, 3.63) is 34.4 Å². The standard InChI is InChI=1S/C11H11Cl2N5O/c1-19-9-3-2-6(12)4-8(9)16-10-7(13)5-15-11(17-10)18-14/h2-5H,14H2,1H3,(H2,15,16,17,18). The monoisotopic (exact) mass is 299 g/mol. The van der Waals surface area contributed by atoms with E-state index in [1.54, 1.807) is 25.3 Å². The smallest absolute Gasteiger partial charge is 0.239 e. The number of nitrogens with two attached hydrogens (primary N) is 1. The Labute approximate surface area is 119 Å². The third-order valence-corrected chi connectivity index (χ3v) is 2.80. The Morgan fingerprint density at radius 1 is 1.32 bits per heavy atom.